The van der Waals surface area contributed by atoms with Crippen LogP contribution in [0.3, 0.4) is 0 Å². The predicted molar refractivity (Wildman–Crippen MR) is 68.2 cm³/mol. The van der Waals surface area contributed by atoms with Gasteiger partial charge < -0.3 is 15.0 Å². The average Bonchev–Trinajstić information content (AvgIpc) is 2.89. The monoisotopic (exact) mass is 285 g/mol. The number of alkyl halides is 3. The van der Waals surface area contributed by atoms with Gasteiger partial charge in [-0.25, -0.2) is 4.98 Å². The molecule has 1 aliphatic heterocycles. The second-order valence-electron chi connectivity index (χ2n) is 4.97. The molecule has 2 unspecified atom stereocenters. The molecule has 2 aromatic rings. The van der Waals surface area contributed by atoms with Gasteiger partial charge in [0.05, 0.1) is 28.7 Å². The summed E-state index contributed by atoms with van der Waals surface area (Å²) in [6.45, 7) is 2.54. The van der Waals surface area contributed by atoms with E-state index in [0.29, 0.717) is 12.1 Å². The van der Waals surface area contributed by atoms with Crippen molar-refractivity contribution in [2.24, 2.45) is 0 Å². The summed E-state index contributed by atoms with van der Waals surface area (Å²) in [7, 11) is 0. The van der Waals surface area contributed by atoms with Crippen molar-refractivity contribution < 1.29 is 17.9 Å². The Morgan fingerprint density at radius 1 is 1.40 bits per heavy atom. The van der Waals surface area contributed by atoms with Crippen LogP contribution in [0.25, 0.3) is 11.0 Å². The highest BCUT2D eigenvalue weighted by molar-refractivity contribution is 5.79. The molecule has 1 saturated heterocycles. The zero-order valence-electron chi connectivity index (χ0n) is 10.8. The van der Waals surface area contributed by atoms with Crippen molar-refractivity contribution in [3.05, 3.63) is 23.8 Å². The van der Waals surface area contributed by atoms with E-state index in [1.807, 2.05) is 6.92 Å². The molecule has 0 amide bonds. The van der Waals surface area contributed by atoms with Crippen LogP contribution in [0.1, 0.15) is 24.9 Å². The molecule has 1 aromatic carbocycles. The van der Waals surface area contributed by atoms with Crippen molar-refractivity contribution in [3.63, 3.8) is 0 Å². The minimum absolute atomic E-state index is 0.0109. The number of nitrogen functional groups attached to an aromatic ring is 1. The highest BCUT2D eigenvalue weighted by Crippen LogP contribution is 2.35. The standard InChI is InChI=1S/C13H14F3N3O/c1-7-10(4-5-20-7)19-11-3-2-8(13(14,15)16)6-9(11)18-12(19)17/h2-3,6-7,10H,4-5H2,1H3,(H2,17,18). The van der Waals surface area contributed by atoms with Gasteiger partial charge in [0.15, 0.2) is 0 Å². The first-order chi connectivity index (χ1) is 9.38. The lowest BCUT2D eigenvalue weighted by Gasteiger charge is -2.18. The molecule has 1 aliphatic rings. The molecule has 0 spiro atoms. The number of rotatable bonds is 1. The molecule has 0 radical (unpaired) electrons. The van der Waals surface area contributed by atoms with E-state index in [9.17, 15) is 13.2 Å². The number of nitrogens with two attached hydrogens (primary N) is 1. The zero-order chi connectivity index (χ0) is 14.5. The Hall–Kier alpha value is -1.76. The van der Waals surface area contributed by atoms with Gasteiger partial charge >= 0.3 is 6.18 Å². The zero-order valence-corrected chi connectivity index (χ0v) is 10.8. The molecule has 2 atom stereocenters. The highest BCUT2D eigenvalue weighted by Gasteiger charge is 2.32. The number of hydrogen-bond donors (Lipinski definition) is 1. The lowest BCUT2D eigenvalue weighted by atomic mass is 10.1. The fraction of sp³-hybridized carbons (Fsp3) is 0.462. The third-order valence-electron chi connectivity index (χ3n) is 3.71. The molecule has 2 N–H and O–H groups in total. The summed E-state index contributed by atoms with van der Waals surface area (Å²) in [5.74, 6) is 0.224. The molecule has 20 heavy (non-hydrogen) atoms. The first-order valence-corrected chi connectivity index (χ1v) is 6.34. The number of hydrogen-bond acceptors (Lipinski definition) is 3. The third kappa shape index (κ3) is 2.02. The van der Waals surface area contributed by atoms with Gasteiger partial charge in [-0.05, 0) is 31.5 Å². The van der Waals surface area contributed by atoms with E-state index >= 15 is 0 Å². The van der Waals surface area contributed by atoms with Crippen molar-refractivity contribution >= 4 is 17.0 Å². The maximum Gasteiger partial charge on any atom is 0.416 e. The summed E-state index contributed by atoms with van der Waals surface area (Å²) in [5, 5.41) is 0. The van der Waals surface area contributed by atoms with E-state index in [1.54, 1.807) is 4.57 Å². The van der Waals surface area contributed by atoms with Gasteiger partial charge in [-0.15, -0.1) is 0 Å². The van der Waals surface area contributed by atoms with Crippen molar-refractivity contribution in [3.8, 4) is 0 Å². The Labute approximate surface area is 113 Å². The fourth-order valence-corrected chi connectivity index (χ4v) is 2.70. The Kier molecular flexibility index (Phi) is 2.89. The molecular weight excluding hydrogens is 271 g/mol. The summed E-state index contributed by atoms with van der Waals surface area (Å²) in [5.41, 5.74) is 6.02. The summed E-state index contributed by atoms with van der Waals surface area (Å²) in [6, 6.07) is 3.52. The molecule has 0 saturated carbocycles. The Morgan fingerprint density at radius 3 is 2.75 bits per heavy atom. The Morgan fingerprint density at radius 2 is 2.15 bits per heavy atom. The second kappa shape index (κ2) is 4.37. The summed E-state index contributed by atoms with van der Waals surface area (Å²) in [6.07, 6.45) is -3.63. The second-order valence-corrected chi connectivity index (χ2v) is 4.97. The van der Waals surface area contributed by atoms with E-state index in [0.717, 1.165) is 18.6 Å². The van der Waals surface area contributed by atoms with Gasteiger partial charge in [0.1, 0.15) is 0 Å². The topological polar surface area (TPSA) is 53.1 Å². The number of fused-ring (bicyclic) bond motifs is 1. The van der Waals surface area contributed by atoms with E-state index in [1.165, 1.54) is 6.07 Å². The van der Waals surface area contributed by atoms with E-state index < -0.39 is 11.7 Å². The number of nitrogens with zero attached hydrogens (tertiary/aromatic N) is 2. The molecule has 1 fully saturated rings. The summed E-state index contributed by atoms with van der Waals surface area (Å²) >= 11 is 0. The number of ether oxygens (including phenoxy) is 1. The number of imidazole rings is 1. The number of aromatic nitrogens is 2. The van der Waals surface area contributed by atoms with Crippen LogP contribution >= 0.6 is 0 Å². The highest BCUT2D eigenvalue weighted by atomic mass is 19.4. The van der Waals surface area contributed by atoms with Crippen LogP contribution < -0.4 is 5.73 Å². The maximum absolute atomic E-state index is 12.7. The van der Waals surface area contributed by atoms with E-state index in [-0.39, 0.29) is 23.6 Å². The summed E-state index contributed by atoms with van der Waals surface area (Å²) < 4.78 is 45.4. The lowest BCUT2D eigenvalue weighted by Crippen LogP contribution is -2.18. The fourth-order valence-electron chi connectivity index (χ4n) is 2.70. The normalized spacial score (nSPS) is 23.6. The minimum atomic E-state index is -4.38. The smallest absolute Gasteiger partial charge is 0.376 e. The van der Waals surface area contributed by atoms with Crippen molar-refractivity contribution in [2.75, 3.05) is 12.3 Å². The first-order valence-electron chi connectivity index (χ1n) is 6.34. The molecular formula is C13H14F3N3O. The number of benzene rings is 1. The largest absolute Gasteiger partial charge is 0.416 e. The van der Waals surface area contributed by atoms with Crippen LogP contribution in [-0.2, 0) is 10.9 Å². The van der Waals surface area contributed by atoms with Crippen LogP contribution in [0.2, 0.25) is 0 Å². The van der Waals surface area contributed by atoms with Gasteiger partial charge in [0.2, 0.25) is 5.95 Å². The van der Waals surface area contributed by atoms with Crippen LogP contribution in [0.5, 0.6) is 0 Å². The van der Waals surface area contributed by atoms with E-state index in [2.05, 4.69) is 4.98 Å². The molecule has 3 rings (SSSR count). The van der Waals surface area contributed by atoms with Gasteiger partial charge in [0.25, 0.3) is 0 Å². The predicted octanol–water partition coefficient (Wildman–Crippen LogP) is 2.99. The quantitative estimate of drug-likeness (QED) is 0.876. The first kappa shape index (κ1) is 13.2. The van der Waals surface area contributed by atoms with Crippen molar-refractivity contribution in [1.82, 2.24) is 9.55 Å². The minimum Gasteiger partial charge on any atom is -0.376 e. The molecule has 1 aromatic heterocycles. The number of anilines is 1. The summed E-state index contributed by atoms with van der Waals surface area (Å²) in [4.78, 5) is 4.05. The Balaban J connectivity index is 2.12. The molecule has 4 nitrogen and oxygen atoms in total. The van der Waals surface area contributed by atoms with Crippen molar-refractivity contribution in [1.29, 1.82) is 0 Å². The maximum atomic E-state index is 12.7. The lowest BCUT2D eigenvalue weighted by molar-refractivity contribution is -0.137. The Bertz CT molecular complexity index is 650. The van der Waals surface area contributed by atoms with Crippen LogP contribution in [-0.4, -0.2) is 22.3 Å². The van der Waals surface area contributed by atoms with Gasteiger partial charge in [0, 0.05) is 6.61 Å². The molecule has 2 heterocycles. The number of halogens is 3. The van der Waals surface area contributed by atoms with E-state index in [4.69, 9.17) is 10.5 Å². The molecule has 7 heteroatoms. The SMILES string of the molecule is CC1OCCC1n1c(N)nc2cc(C(F)(F)F)ccc21. The molecule has 108 valence electrons. The molecule has 0 bridgehead atoms. The van der Waals surface area contributed by atoms with Crippen LogP contribution in [0, 0.1) is 0 Å². The van der Waals surface area contributed by atoms with Gasteiger partial charge in [-0.3, -0.25) is 0 Å². The molecule has 0 aliphatic carbocycles. The van der Waals surface area contributed by atoms with Crippen LogP contribution in [0.4, 0.5) is 19.1 Å². The van der Waals surface area contributed by atoms with Crippen molar-refractivity contribution in [2.45, 2.75) is 31.7 Å². The van der Waals surface area contributed by atoms with Gasteiger partial charge in [-0.1, -0.05) is 0 Å². The van der Waals surface area contributed by atoms with Crippen LogP contribution in [0.15, 0.2) is 18.2 Å². The average molecular weight is 285 g/mol. The third-order valence-corrected chi connectivity index (χ3v) is 3.71. The van der Waals surface area contributed by atoms with Gasteiger partial charge in [-0.2, -0.15) is 13.2 Å².